The van der Waals surface area contributed by atoms with E-state index in [1.807, 2.05) is 15.6 Å². The first-order chi connectivity index (χ1) is 10.4. The van der Waals surface area contributed by atoms with Crippen LogP contribution >= 0.6 is 11.3 Å². The lowest BCUT2D eigenvalue weighted by molar-refractivity contribution is 0.0341. The molecule has 1 aromatic heterocycles. The average molecular weight is 343 g/mol. The van der Waals surface area contributed by atoms with Crippen LogP contribution in [0.15, 0.2) is 12.1 Å². The maximum atomic E-state index is 12.2. The molecule has 0 unspecified atom stereocenters. The Hall–Kier alpha value is -0.430. The Labute approximate surface area is 138 Å². The third-order valence-electron chi connectivity index (χ3n) is 4.99. The Morgan fingerprint density at radius 3 is 2.64 bits per heavy atom. The summed E-state index contributed by atoms with van der Waals surface area (Å²) >= 11 is 1.85. The van der Waals surface area contributed by atoms with E-state index < -0.39 is 10.0 Å². The van der Waals surface area contributed by atoms with Gasteiger partial charge in [-0.25, -0.2) is 8.42 Å². The van der Waals surface area contributed by atoms with Gasteiger partial charge in [0.2, 0.25) is 10.0 Å². The molecule has 2 fully saturated rings. The molecular weight excluding hydrogens is 316 g/mol. The second kappa shape index (κ2) is 6.23. The van der Waals surface area contributed by atoms with Crippen molar-refractivity contribution in [3.05, 3.63) is 21.9 Å². The van der Waals surface area contributed by atoms with E-state index in [2.05, 4.69) is 24.0 Å². The summed E-state index contributed by atoms with van der Waals surface area (Å²) in [6.07, 6.45) is 6.65. The molecule has 0 aromatic carbocycles. The lowest BCUT2D eigenvalue weighted by Gasteiger charge is -2.51. The summed E-state index contributed by atoms with van der Waals surface area (Å²) in [6, 6.07) is 4.37. The molecule has 2 aliphatic rings. The molecule has 0 saturated carbocycles. The van der Waals surface area contributed by atoms with Gasteiger partial charge < -0.3 is 0 Å². The molecule has 0 bridgehead atoms. The van der Waals surface area contributed by atoms with Crippen LogP contribution in [0.4, 0.5) is 0 Å². The Balaban J connectivity index is 1.78. The number of sulfonamides is 1. The van der Waals surface area contributed by atoms with E-state index in [-0.39, 0.29) is 5.54 Å². The normalized spacial score (nSPS) is 28.3. The third kappa shape index (κ3) is 3.40. The van der Waals surface area contributed by atoms with Crippen molar-refractivity contribution in [2.75, 3.05) is 25.9 Å². The van der Waals surface area contributed by atoms with Gasteiger partial charge in [0.15, 0.2) is 0 Å². The molecule has 0 radical (unpaired) electrons. The summed E-state index contributed by atoms with van der Waals surface area (Å²) in [5.41, 5.74) is -0.156. The monoisotopic (exact) mass is 342 g/mol. The summed E-state index contributed by atoms with van der Waals surface area (Å²) in [4.78, 5) is 5.19. The van der Waals surface area contributed by atoms with Gasteiger partial charge >= 0.3 is 0 Å². The van der Waals surface area contributed by atoms with Crippen molar-refractivity contribution < 1.29 is 8.42 Å². The van der Waals surface area contributed by atoms with Crippen LogP contribution in [0.25, 0.3) is 0 Å². The SMILES string of the molecule is Cc1ccc(CN2CCC[C@@]3(CCCCN3S(C)(=O)=O)C2)s1. The minimum atomic E-state index is -3.12. The predicted molar refractivity (Wildman–Crippen MR) is 91.7 cm³/mol. The lowest BCUT2D eigenvalue weighted by Crippen LogP contribution is -2.61. The first-order valence-electron chi connectivity index (χ1n) is 8.15. The van der Waals surface area contributed by atoms with Gasteiger partial charge in [0.25, 0.3) is 0 Å². The minimum Gasteiger partial charge on any atom is -0.296 e. The quantitative estimate of drug-likeness (QED) is 0.848. The molecule has 0 aliphatic carbocycles. The number of thiophene rings is 1. The second-order valence-corrected chi connectivity index (χ2v) is 10.1. The van der Waals surface area contributed by atoms with E-state index in [0.29, 0.717) is 6.54 Å². The van der Waals surface area contributed by atoms with Gasteiger partial charge in [0.05, 0.1) is 6.26 Å². The zero-order valence-electron chi connectivity index (χ0n) is 13.5. The highest BCUT2D eigenvalue weighted by molar-refractivity contribution is 7.88. The lowest BCUT2D eigenvalue weighted by atomic mass is 9.81. The fourth-order valence-electron chi connectivity index (χ4n) is 4.13. The summed E-state index contributed by atoms with van der Waals surface area (Å²) in [6.45, 7) is 5.76. The smallest absolute Gasteiger partial charge is 0.211 e. The number of rotatable bonds is 3. The maximum Gasteiger partial charge on any atom is 0.211 e. The minimum absolute atomic E-state index is 0.156. The molecule has 3 rings (SSSR count). The number of likely N-dealkylation sites (tertiary alicyclic amines) is 1. The zero-order valence-corrected chi connectivity index (χ0v) is 15.2. The van der Waals surface area contributed by atoms with Crippen LogP contribution < -0.4 is 0 Å². The van der Waals surface area contributed by atoms with Gasteiger partial charge in [-0.05, 0) is 51.3 Å². The molecule has 124 valence electrons. The van der Waals surface area contributed by atoms with E-state index in [1.165, 1.54) is 16.0 Å². The standard InChI is InChI=1S/C16H26N2O2S2/c1-14-6-7-15(21-14)12-17-10-5-9-16(13-17)8-3-4-11-18(16)22(2,19)20/h6-7H,3-5,8-13H2,1-2H3/t16-/m0/s1. The Morgan fingerprint density at radius 1 is 1.18 bits per heavy atom. The van der Waals surface area contributed by atoms with Crippen LogP contribution in [0.5, 0.6) is 0 Å². The van der Waals surface area contributed by atoms with Crippen LogP contribution in [0.3, 0.4) is 0 Å². The van der Waals surface area contributed by atoms with Crippen LogP contribution in [0.1, 0.15) is 41.9 Å². The van der Waals surface area contributed by atoms with Crippen molar-refractivity contribution in [2.45, 2.75) is 51.1 Å². The van der Waals surface area contributed by atoms with Gasteiger partial charge in [-0.2, -0.15) is 4.31 Å². The molecule has 22 heavy (non-hydrogen) atoms. The predicted octanol–water partition coefficient (Wildman–Crippen LogP) is 2.84. The first kappa shape index (κ1) is 16.4. The zero-order chi connectivity index (χ0) is 15.8. The number of hydrogen-bond acceptors (Lipinski definition) is 4. The van der Waals surface area contributed by atoms with Crippen LogP contribution in [0, 0.1) is 6.92 Å². The molecule has 0 N–H and O–H groups in total. The van der Waals surface area contributed by atoms with Gasteiger partial charge in [0, 0.05) is 34.9 Å². The summed E-state index contributed by atoms with van der Waals surface area (Å²) < 4.78 is 26.3. The number of piperidine rings is 2. The molecule has 4 nitrogen and oxygen atoms in total. The summed E-state index contributed by atoms with van der Waals surface area (Å²) in [5, 5.41) is 0. The van der Waals surface area contributed by atoms with E-state index >= 15 is 0 Å². The van der Waals surface area contributed by atoms with Gasteiger partial charge in [-0.3, -0.25) is 4.90 Å². The Morgan fingerprint density at radius 2 is 1.95 bits per heavy atom. The van der Waals surface area contributed by atoms with Gasteiger partial charge in [-0.1, -0.05) is 6.42 Å². The van der Waals surface area contributed by atoms with Crippen molar-refractivity contribution in [3.63, 3.8) is 0 Å². The van der Waals surface area contributed by atoms with Crippen LogP contribution in [-0.4, -0.2) is 49.1 Å². The van der Waals surface area contributed by atoms with E-state index in [9.17, 15) is 8.42 Å². The fourth-order valence-corrected chi connectivity index (χ4v) is 6.47. The van der Waals surface area contributed by atoms with E-state index in [4.69, 9.17) is 0 Å². The molecule has 1 aromatic rings. The van der Waals surface area contributed by atoms with Crippen LogP contribution in [0.2, 0.25) is 0 Å². The fraction of sp³-hybridized carbons (Fsp3) is 0.750. The molecule has 0 amide bonds. The van der Waals surface area contributed by atoms with Gasteiger partial charge in [-0.15, -0.1) is 11.3 Å². The van der Waals surface area contributed by atoms with Crippen molar-refractivity contribution in [2.24, 2.45) is 0 Å². The number of aryl methyl sites for hydroxylation is 1. The Bertz CT molecular complexity index is 622. The molecule has 3 heterocycles. The first-order valence-corrected chi connectivity index (χ1v) is 10.8. The largest absolute Gasteiger partial charge is 0.296 e. The van der Waals surface area contributed by atoms with Crippen molar-refractivity contribution in [3.8, 4) is 0 Å². The molecule has 2 saturated heterocycles. The van der Waals surface area contributed by atoms with E-state index in [0.717, 1.165) is 51.7 Å². The second-order valence-electron chi connectivity index (χ2n) is 6.84. The highest BCUT2D eigenvalue weighted by Gasteiger charge is 2.45. The molecular formula is C16H26N2O2S2. The third-order valence-corrected chi connectivity index (χ3v) is 7.35. The average Bonchev–Trinajstić information content (AvgIpc) is 2.83. The number of nitrogens with zero attached hydrogens (tertiary/aromatic N) is 2. The van der Waals surface area contributed by atoms with Crippen molar-refractivity contribution >= 4 is 21.4 Å². The summed E-state index contributed by atoms with van der Waals surface area (Å²) in [7, 11) is -3.12. The Kier molecular flexibility index (Phi) is 4.65. The molecule has 1 spiro atoms. The highest BCUT2D eigenvalue weighted by atomic mass is 32.2. The molecule has 1 atom stereocenters. The number of hydrogen-bond donors (Lipinski definition) is 0. The molecule has 2 aliphatic heterocycles. The topological polar surface area (TPSA) is 40.6 Å². The van der Waals surface area contributed by atoms with Crippen molar-refractivity contribution in [1.29, 1.82) is 0 Å². The maximum absolute atomic E-state index is 12.2. The van der Waals surface area contributed by atoms with Crippen LogP contribution in [-0.2, 0) is 16.6 Å². The summed E-state index contributed by atoms with van der Waals surface area (Å²) in [5.74, 6) is 0. The molecule has 6 heteroatoms. The van der Waals surface area contributed by atoms with E-state index in [1.54, 1.807) is 0 Å². The highest BCUT2D eigenvalue weighted by Crippen LogP contribution is 2.38. The van der Waals surface area contributed by atoms with Crippen molar-refractivity contribution in [1.82, 2.24) is 9.21 Å². The van der Waals surface area contributed by atoms with Gasteiger partial charge in [0.1, 0.15) is 0 Å².